The maximum atomic E-state index is 12.5. The summed E-state index contributed by atoms with van der Waals surface area (Å²) in [5.41, 5.74) is 6.00. The molecular weight excluding hydrogens is 382 g/mol. The van der Waals surface area contributed by atoms with Gasteiger partial charge in [0.25, 0.3) is 5.91 Å². The molecule has 0 fully saturated rings. The van der Waals surface area contributed by atoms with Crippen molar-refractivity contribution in [2.45, 2.75) is 18.9 Å². The molecule has 0 bridgehead atoms. The maximum Gasteiger partial charge on any atom is 0.279 e. The summed E-state index contributed by atoms with van der Waals surface area (Å²) in [5, 5.41) is 3.39. The number of para-hydroxylation sites is 1. The number of carbonyl (C=O) groups excluding carboxylic acids is 1. The van der Waals surface area contributed by atoms with Crippen LogP contribution in [0.15, 0.2) is 84.9 Å². The summed E-state index contributed by atoms with van der Waals surface area (Å²) in [4.78, 5) is 17.8. The van der Waals surface area contributed by atoms with E-state index in [0.717, 1.165) is 17.8 Å². The predicted octanol–water partition coefficient (Wildman–Crippen LogP) is 4.01. The number of H-pyrrole nitrogens is 1. The number of likely N-dealkylation sites (N-methyl/N-ethyl adjacent to an activating group) is 1. The van der Waals surface area contributed by atoms with Crippen LogP contribution in [-0.4, -0.2) is 42.5 Å². The average Bonchev–Trinajstić information content (AvgIpc) is 3.19. The minimum atomic E-state index is -0.133. The van der Waals surface area contributed by atoms with Crippen molar-refractivity contribution in [3.63, 3.8) is 0 Å². The van der Waals surface area contributed by atoms with Crippen molar-refractivity contribution in [3.05, 3.63) is 96.1 Å². The molecule has 4 nitrogen and oxygen atoms in total. The lowest BCUT2D eigenvalue weighted by molar-refractivity contribution is -0.675. The Kier molecular flexibility index (Phi) is 6.19. The van der Waals surface area contributed by atoms with Gasteiger partial charge in [-0.25, -0.2) is 0 Å². The molecule has 3 N–H and O–H groups in total. The van der Waals surface area contributed by atoms with Gasteiger partial charge in [0.1, 0.15) is 0 Å². The van der Waals surface area contributed by atoms with Crippen LogP contribution in [0.3, 0.4) is 0 Å². The molecule has 0 radical (unpaired) electrons. The summed E-state index contributed by atoms with van der Waals surface area (Å²) in [7, 11) is 3.63. The summed E-state index contributed by atoms with van der Waals surface area (Å²) in [5.74, 6) is 0.277. The van der Waals surface area contributed by atoms with Gasteiger partial charge in [0.2, 0.25) is 0 Å². The van der Waals surface area contributed by atoms with Crippen molar-refractivity contribution in [2.24, 2.45) is 0 Å². The van der Waals surface area contributed by atoms with Crippen LogP contribution in [0.1, 0.15) is 24.0 Å². The van der Waals surface area contributed by atoms with Gasteiger partial charge in [-0.3, -0.25) is 4.79 Å². The number of fused-ring (bicyclic) bond motifs is 1. The SMILES string of the molecule is C[C@@H]([NH2+]C[C@H](c1ccccc1)c1c(-c2ccccc2)[nH]c2ccccc12)C(=O)N(C)C. The molecule has 4 rings (SSSR count). The van der Waals surface area contributed by atoms with E-state index in [1.54, 1.807) is 4.90 Å². The molecule has 1 amide bonds. The average molecular weight is 413 g/mol. The number of rotatable bonds is 7. The van der Waals surface area contributed by atoms with Crippen molar-refractivity contribution >= 4 is 16.8 Å². The Morgan fingerprint density at radius 2 is 1.52 bits per heavy atom. The third-order valence-electron chi connectivity index (χ3n) is 5.91. The van der Waals surface area contributed by atoms with E-state index in [4.69, 9.17) is 0 Å². The standard InChI is InChI=1S/C27H29N3O/c1-19(27(31)30(2)3)28-18-23(20-12-6-4-7-13-20)25-22-16-10-11-17-24(22)29-26(25)21-14-8-5-9-15-21/h4-17,19,23,28-29H,18H2,1-3H3/p+1/t19-,23-/m1/s1. The molecule has 0 aliphatic carbocycles. The van der Waals surface area contributed by atoms with Crippen molar-refractivity contribution in [1.29, 1.82) is 0 Å². The third kappa shape index (κ3) is 4.39. The van der Waals surface area contributed by atoms with Crippen LogP contribution < -0.4 is 5.32 Å². The monoisotopic (exact) mass is 412 g/mol. The van der Waals surface area contributed by atoms with Crippen LogP contribution in [0, 0.1) is 0 Å². The lowest BCUT2D eigenvalue weighted by Crippen LogP contribution is -2.92. The third-order valence-corrected chi connectivity index (χ3v) is 5.91. The number of nitrogens with zero attached hydrogens (tertiary/aromatic N) is 1. The number of amides is 1. The van der Waals surface area contributed by atoms with Gasteiger partial charge in [0.05, 0.1) is 18.2 Å². The van der Waals surface area contributed by atoms with Gasteiger partial charge in [-0.15, -0.1) is 0 Å². The van der Waals surface area contributed by atoms with Gasteiger partial charge in [-0.05, 0) is 29.7 Å². The van der Waals surface area contributed by atoms with E-state index < -0.39 is 0 Å². The molecule has 0 saturated heterocycles. The highest BCUT2D eigenvalue weighted by atomic mass is 16.2. The smallest absolute Gasteiger partial charge is 0.279 e. The number of quaternary nitrogens is 1. The zero-order valence-corrected chi connectivity index (χ0v) is 18.4. The second-order valence-electron chi connectivity index (χ2n) is 8.28. The molecule has 0 spiro atoms. The highest BCUT2D eigenvalue weighted by Gasteiger charge is 2.27. The lowest BCUT2D eigenvalue weighted by Gasteiger charge is -2.21. The Morgan fingerprint density at radius 3 is 2.19 bits per heavy atom. The van der Waals surface area contributed by atoms with Gasteiger partial charge in [-0.1, -0.05) is 78.9 Å². The first-order chi connectivity index (χ1) is 15.1. The molecule has 1 heterocycles. The minimum Gasteiger partial charge on any atom is -0.354 e. The summed E-state index contributed by atoms with van der Waals surface area (Å²) in [6.45, 7) is 2.77. The van der Waals surface area contributed by atoms with Gasteiger partial charge >= 0.3 is 0 Å². The van der Waals surface area contributed by atoms with Gasteiger partial charge in [0, 0.05) is 25.0 Å². The molecule has 0 aliphatic heterocycles. The number of hydrogen-bond donors (Lipinski definition) is 2. The molecule has 4 aromatic rings. The fraction of sp³-hybridized carbons (Fsp3) is 0.222. The fourth-order valence-electron chi connectivity index (χ4n) is 4.31. The highest BCUT2D eigenvalue weighted by Crippen LogP contribution is 2.38. The summed E-state index contributed by atoms with van der Waals surface area (Å²) in [6.07, 6.45) is 0. The molecule has 31 heavy (non-hydrogen) atoms. The molecule has 0 unspecified atom stereocenters. The van der Waals surface area contributed by atoms with Crippen LogP contribution in [-0.2, 0) is 4.79 Å². The Hall–Kier alpha value is -3.37. The number of nitrogens with one attached hydrogen (secondary N) is 1. The second-order valence-corrected chi connectivity index (χ2v) is 8.28. The Balaban J connectivity index is 1.82. The fourth-order valence-corrected chi connectivity index (χ4v) is 4.31. The van der Waals surface area contributed by atoms with Gasteiger partial charge in [-0.2, -0.15) is 0 Å². The van der Waals surface area contributed by atoms with Crippen LogP contribution in [0.2, 0.25) is 0 Å². The maximum absolute atomic E-state index is 12.5. The minimum absolute atomic E-state index is 0.133. The molecule has 4 heteroatoms. The highest BCUT2D eigenvalue weighted by molar-refractivity contribution is 5.92. The Morgan fingerprint density at radius 1 is 0.903 bits per heavy atom. The van der Waals surface area contributed by atoms with E-state index in [1.807, 2.05) is 27.1 Å². The lowest BCUT2D eigenvalue weighted by atomic mass is 9.87. The van der Waals surface area contributed by atoms with Gasteiger partial charge in [0.15, 0.2) is 6.04 Å². The summed E-state index contributed by atoms with van der Waals surface area (Å²) in [6, 6.07) is 29.5. The van der Waals surface area contributed by atoms with E-state index in [1.165, 1.54) is 22.1 Å². The number of benzene rings is 3. The van der Waals surface area contributed by atoms with Crippen LogP contribution in [0.5, 0.6) is 0 Å². The molecule has 0 saturated carbocycles. The molecule has 3 aromatic carbocycles. The van der Waals surface area contributed by atoms with Crippen molar-refractivity contribution in [2.75, 3.05) is 20.6 Å². The van der Waals surface area contributed by atoms with E-state index in [0.29, 0.717) is 0 Å². The Bertz CT molecular complexity index is 1150. The van der Waals surface area contributed by atoms with Gasteiger partial charge < -0.3 is 15.2 Å². The molecule has 1 aromatic heterocycles. The number of nitrogens with two attached hydrogens (primary N) is 1. The Labute approximate surface area is 183 Å². The van der Waals surface area contributed by atoms with E-state index in [-0.39, 0.29) is 17.9 Å². The molecule has 2 atom stereocenters. The normalized spacial score (nSPS) is 13.1. The van der Waals surface area contributed by atoms with Crippen molar-refractivity contribution < 1.29 is 10.1 Å². The number of aromatic amines is 1. The zero-order chi connectivity index (χ0) is 21.8. The van der Waals surface area contributed by atoms with E-state index in [2.05, 4.69) is 89.2 Å². The number of carbonyl (C=O) groups is 1. The van der Waals surface area contributed by atoms with Crippen LogP contribution >= 0.6 is 0 Å². The number of aromatic nitrogens is 1. The number of hydrogen-bond acceptors (Lipinski definition) is 1. The largest absolute Gasteiger partial charge is 0.354 e. The first-order valence-corrected chi connectivity index (χ1v) is 10.8. The molecule has 0 aliphatic rings. The van der Waals surface area contributed by atoms with Crippen molar-refractivity contribution in [1.82, 2.24) is 9.88 Å². The van der Waals surface area contributed by atoms with Crippen LogP contribution in [0.4, 0.5) is 0 Å². The van der Waals surface area contributed by atoms with Crippen LogP contribution in [0.25, 0.3) is 22.2 Å². The second kappa shape index (κ2) is 9.19. The first-order valence-electron chi connectivity index (χ1n) is 10.8. The quantitative estimate of drug-likeness (QED) is 0.474. The van der Waals surface area contributed by atoms with E-state index >= 15 is 0 Å². The topological polar surface area (TPSA) is 52.7 Å². The molecular formula is C27H30N3O+. The van der Waals surface area contributed by atoms with E-state index in [9.17, 15) is 4.79 Å². The summed E-state index contributed by atoms with van der Waals surface area (Å²) >= 11 is 0. The zero-order valence-electron chi connectivity index (χ0n) is 18.4. The first kappa shape index (κ1) is 20.9. The predicted molar refractivity (Wildman–Crippen MR) is 127 cm³/mol. The summed E-state index contributed by atoms with van der Waals surface area (Å²) < 4.78 is 0. The van der Waals surface area contributed by atoms with Crippen molar-refractivity contribution in [3.8, 4) is 11.3 Å². The molecule has 158 valence electrons.